The Balaban J connectivity index is 1.48. The van der Waals surface area contributed by atoms with Crippen LogP contribution in [0.2, 0.25) is 0 Å². The molecule has 4 heteroatoms. The quantitative estimate of drug-likeness (QED) is 0.817. The van der Waals surface area contributed by atoms with Crippen LogP contribution in [0.3, 0.4) is 0 Å². The predicted octanol–water partition coefficient (Wildman–Crippen LogP) is 3.14. The maximum atomic E-state index is 12.0. The number of carbonyl (C=O) groups is 1. The molecular formula is C16H17NO2S. The molecular weight excluding hydrogens is 270 g/mol. The van der Waals surface area contributed by atoms with Crippen molar-refractivity contribution < 1.29 is 9.21 Å². The molecule has 0 saturated heterocycles. The van der Waals surface area contributed by atoms with Gasteiger partial charge in [-0.05, 0) is 30.2 Å². The molecule has 2 aromatic rings. The van der Waals surface area contributed by atoms with Crippen LogP contribution in [0.15, 0.2) is 47.1 Å². The molecule has 0 N–H and O–H groups in total. The highest BCUT2D eigenvalue weighted by Gasteiger charge is 2.20. The molecule has 3 rings (SSSR count). The largest absolute Gasteiger partial charge is 0.468 e. The number of Topliss-reactive ketones (excluding diaryl/α,β-unsaturated/α-hetero) is 1. The van der Waals surface area contributed by atoms with Crippen LogP contribution in [-0.2, 0) is 17.0 Å². The van der Waals surface area contributed by atoms with Gasteiger partial charge in [-0.1, -0.05) is 18.2 Å². The molecule has 0 amide bonds. The minimum atomic E-state index is 0.276. The van der Waals surface area contributed by atoms with Gasteiger partial charge in [-0.15, -0.1) is 11.8 Å². The van der Waals surface area contributed by atoms with Gasteiger partial charge in [0.05, 0.1) is 24.3 Å². The van der Waals surface area contributed by atoms with Gasteiger partial charge in [0.1, 0.15) is 5.76 Å². The molecule has 2 heterocycles. The first kappa shape index (κ1) is 13.3. The van der Waals surface area contributed by atoms with Crippen LogP contribution in [-0.4, -0.2) is 24.6 Å². The summed E-state index contributed by atoms with van der Waals surface area (Å²) in [5.41, 5.74) is 2.57. The summed E-state index contributed by atoms with van der Waals surface area (Å²) in [6.45, 7) is 1.47. The number of para-hydroxylation sites is 1. The number of hydrogen-bond donors (Lipinski definition) is 0. The van der Waals surface area contributed by atoms with E-state index in [4.69, 9.17) is 4.42 Å². The van der Waals surface area contributed by atoms with Crippen LogP contribution in [0.25, 0.3) is 0 Å². The number of hydrogen-bond acceptors (Lipinski definition) is 4. The fourth-order valence-electron chi connectivity index (χ4n) is 2.49. The second kappa shape index (κ2) is 6.18. The van der Waals surface area contributed by atoms with Crippen molar-refractivity contribution in [1.82, 2.24) is 0 Å². The highest BCUT2D eigenvalue weighted by molar-refractivity contribution is 7.99. The Morgan fingerprint density at radius 3 is 3.00 bits per heavy atom. The lowest BCUT2D eigenvalue weighted by molar-refractivity contribution is -0.115. The Bertz CT molecular complexity index is 580. The molecule has 0 unspecified atom stereocenters. The molecule has 1 aromatic heterocycles. The molecule has 1 aliphatic heterocycles. The number of ketones is 1. The van der Waals surface area contributed by atoms with Crippen molar-refractivity contribution >= 4 is 23.2 Å². The first-order valence-corrected chi connectivity index (χ1v) is 7.93. The van der Waals surface area contributed by atoms with E-state index in [2.05, 4.69) is 23.1 Å². The summed E-state index contributed by atoms with van der Waals surface area (Å²) in [7, 11) is 0. The molecule has 1 aromatic carbocycles. The smallest absolute Gasteiger partial charge is 0.161 e. The van der Waals surface area contributed by atoms with E-state index in [1.807, 2.05) is 18.2 Å². The van der Waals surface area contributed by atoms with Gasteiger partial charge < -0.3 is 9.32 Å². The van der Waals surface area contributed by atoms with Gasteiger partial charge in [-0.3, -0.25) is 4.79 Å². The summed E-state index contributed by atoms with van der Waals surface area (Å²) in [6, 6.07) is 12.2. The third-order valence-corrected chi connectivity index (χ3v) is 4.45. The molecule has 0 atom stereocenters. The van der Waals surface area contributed by atoms with Crippen LogP contribution in [0, 0.1) is 0 Å². The van der Waals surface area contributed by atoms with E-state index in [-0.39, 0.29) is 5.78 Å². The van der Waals surface area contributed by atoms with Crippen molar-refractivity contribution in [3.63, 3.8) is 0 Å². The summed E-state index contributed by atoms with van der Waals surface area (Å²) >= 11 is 1.61. The number of carbonyl (C=O) groups excluding carboxylic acids is 1. The standard InChI is InChI=1S/C16H17NO2S/c18-14(11-20-12-15-5-3-9-19-15)10-17-8-7-13-4-1-2-6-16(13)17/h1-6,9H,7-8,10-12H2. The monoisotopic (exact) mass is 287 g/mol. The first-order chi connectivity index (χ1) is 9.83. The van der Waals surface area contributed by atoms with Gasteiger partial charge in [0.2, 0.25) is 0 Å². The van der Waals surface area contributed by atoms with Crippen molar-refractivity contribution in [3.8, 4) is 0 Å². The van der Waals surface area contributed by atoms with Crippen molar-refractivity contribution in [2.24, 2.45) is 0 Å². The molecule has 0 aliphatic carbocycles. The number of furan rings is 1. The minimum Gasteiger partial charge on any atom is -0.468 e. The summed E-state index contributed by atoms with van der Waals surface area (Å²) in [5.74, 6) is 2.50. The van der Waals surface area contributed by atoms with Crippen molar-refractivity contribution in [2.75, 3.05) is 23.7 Å². The molecule has 104 valence electrons. The van der Waals surface area contributed by atoms with E-state index < -0.39 is 0 Å². The molecule has 0 spiro atoms. The summed E-state index contributed by atoms with van der Waals surface area (Å²) in [6.07, 6.45) is 2.71. The van der Waals surface area contributed by atoms with E-state index in [1.54, 1.807) is 18.0 Å². The number of nitrogens with zero attached hydrogens (tertiary/aromatic N) is 1. The highest BCUT2D eigenvalue weighted by atomic mass is 32.2. The van der Waals surface area contributed by atoms with Gasteiger partial charge in [0.15, 0.2) is 5.78 Å². The average Bonchev–Trinajstić information content (AvgIpc) is 3.09. The van der Waals surface area contributed by atoms with Crippen LogP contribution in [0.1, 0.15) is 11.3 Å². The Morgan fingerprint density at radius 1 is 1.25 bits per heavy atom. The van der Waals surface area contributed by atoms with Gasteiger partial charge in [-0.25, -0.2) is 0 Å². The lowest BCUT2D eigenvalue weighted by Crippen LogP contribution is -2.29. The fraction of sp³-hybridized carbons (Fsp3) is 0.312. The van der Waals surface area contributed by atoms with Crippen molar-refractivity contribution in [2.45, 2.75) is 12.2 Å². The molecule has 0 saturated carbocycles. The number of anilines is 1. The average molecular weight is 287 g/mol. The van der Waals surface area contributed by atoms with Crippen molar-refractivity contribution in [3.05, 3.63) is 54.0 Å². The van der Waals surface area contributed by atoms with Crippen molar-refractivity contribution in [1.29, 1.82) is 0 Å². The Hall–Kier alpha value is -1.68. The zero-order valence-electron chi connectivity index (χ0n) is 11.2. The maximum Gasteiger partial charge on any atom is 0.161 e. The van der Waals surface area contributed by atoms with E-state index in [9.17, 15) is 4.79 Å². The minimum absolute atomic E-state index is 0.276. The second-order valence-corrected chi connectivity index (χ2v) is 5.90. The first-order valence-electron chi connectivity index (χ1n) is 6.77. The Labute approximate surface area is 123 Å². The normalized spacial score (nSPS) is 13.5. The lowest BCUT2D eigenvalue weighted by Gasteiger charge is -2.18. The predicted molar refractivity (Wildman–Crippen MR) is 82.2 cm³/mol. The molecule has 1 aliphatic rings. The second-order valence-electron chi connectivity index (χ2n) is 4.91. The fourth-order valence-corrected chi connectivity index (χ4v) is 3.28. The summed E-state index contributed by atoms with van der Waals surface area (Å²) < 4.78 is 5.25. The Morgan fingerprint density at radius 2 is 2.15 bits per heavy atom. The van der Waals surface area contributed by atoms with Gasteiger partial charge in [0, 0.05) is 12.2 Å². The van der Waals surface area contributed by atoms with E-state index in [0.29, 0.717) is 12.3 Å². The summed E-state index contributed by atoms with van der Waals surface area (Å²) in [5, 5.41) is 0. The highest BCUT2D eigenvalue weighted by Crippen LogP contribution is 2.27. The number of rotatable bonds is 6. The molecule has 0 fully saturated rings. The SMILES string of the molecule is O=C(CSCc1ccco1)CN1CCc2ccccc21. The van der Waals surface area contributed by atoms with Gasteiger partial charge >= 0.3 is 0 Å². The van der Waals surface area contributed by atoms with Crippen LogP contribution in [0.5, 0.6) is 0 Å². The Kier molecular flexibility index (Phi) is 4.11. The van der Waals surface area contributed by atoms with Crippen LogP contribution < -0.4 is 4.90 Å². The maximum absolute atomic E-state index is 12.0. The zero-order valence-corrected chi connectivity index (χ0v) is 12.1. The van der Waals surface area contributed by atoms with Crippen LogP contribution in [0.4, 0.5) is 5.69 Å². The topological polar surface area (TPSA) is 33.5 Å². The third kappa shape index (κ3) is 3.07. The van der Waals surface area contributed by atoms with Crippen LogP contribution >= 0.6 is 11.8 Å². The van der Waals surface area contributed by atoms with Gasteiger partial charge in [-0.2, -0.15) is 0 Å². The van der Waals surface area contributed by atoms with E-state index >= 15 is 0 Å². The van der Waals surface area contributed by atoms with Gasteiger partial charge in [0.25, 0.3) is 0 Å². The van der Waals surface area contributed by atoms with E-state index in [1.165, 1.54) is 11.3 Å². The molecule has 20 heavy (non-hydrogen) atoms. The number of fused-ring (bicyclic) bond motifs is 1. The number of benzene rings is 1. The number of thioether (sulfide) groups is 1. The van der Waals surface area contributed by atoms with E-state index in [0.717, 1.165) is 24.5 Å². The lowest BCUT2D eigenvalue weighted by atomic mass is 10.2. The molecule has 0 bridgehead atoms. The molecule has 0 radical (unpaired) electrons. The summed E-state index contributed by atoms with van der Waals surface area (Å²) in [4.78, 5) is 14.2. The zero-order chi connectivity index (χ0) is 13.8. The molecule has 3 nitrogen and oxygen atoms in total. The third-order valence-electron chi connectivity index (χ3n) is 3.44.